The molecule has 3 aromatic carbocycles. The number of ether oxygens (including phenoxy) is 2. The molecular weight excluding hydrogens is 500 g/mol. The van der Waals surface area contributed by atoms with Gasteiger partial charge in [0.15, 0.2) is 0 Å². The fraction of sp³-hybridized carbons (Fsp3) is 0.294. The van der Waals surface area contributed by atoms with E-state index < -0.39 is 0 Å². The second kappa shape index (κ2) is 11.8. The molecule has 0 saturated carbocycles. The van der Waals surface area contributed by atoms with E-state index in [0.29, 0.717) is 29.1 Å². The van der Waals surface area contributed by atoms with Crippen LogP contribution in [0.1, 0.15) is 50.2 Å². The molecule has 6 heteroatoms. The van der Waals surface area contributed by atoms with Crippen LogP contribution in [0.5, 0.6) is 11.5 Å². The van der Waals surface area contributed by atoms with Gasteiger partial charge in [0.25, 0.3) is 11.8 Å². The molecule has 5 rings (SSSR count). The van der Waals surface area contributed by atoms with Crippen LogP contribution in [0.25, 0.3) is 22.5 Å². The minimum absolute atomic E-state index is 0.177. The van der Waals surface area contributed by atoms with Gasteiger partial charge in [0.05, 0.1) is 36.3 Å². The largest absolute Gasteiger partial charge is 0.497 e. The third-order valence-corrected chi connectivity index (χ3v) is 7.66. The number of carbonyl (C=O) groups is 2. The topological polar surface area (TPSA) is 59.1 Å². The molecule has 0 saturated heterocycles. The second-order valence-electron chi connectivity index (χ2n) is 10.3. The van der Waals surface area contributed by atoms with Crippen LogP contribution in [-0.4, -0.2) is 49.4 Å². The smallest absolute Gasteiger partial charge is 0.261 e. The SMILES string of the molecule is CCCCCCCOc1ccc(C2=C3C(=O)N(C)C(c4ccc(-c5ccc(OC)cc5)cc4)=C3C(=O)N2C)cc1. The Morgan fingerprint density at radius 1 is 0.575 bits per heavy atom. The van der Waals surface area contributed by atoms with Crippen LogP contribution < -0.4 is 9.47 Å². The van der Waals surface area contributed by atoms with E-state index in [9.17, 15) is 9.59 Å². The molecule has 2 aliphatic rings. The van der Waals surface area contributed by atoms with E-state index in [1.54, 1.807) is 31.0 Å². The third-order valence-electron chi connectivity index (χ3n) is 7.66. The number of rotatable bonds is 11. The van der Waals surface area contributed by atoms with Crippen LogP contribution >= 0.6 is 0 Å². The van der Waals surface area contributed by atoms with E-state index in [0.717, 1.165) is 40.2 Å². The number of carbonyl (C=O) groups excluding carboxylic acids is 2. The maximum atomic E-state index is 13.5. The van der Waals surface area contributed by atoms with Crippen LogP contribution in [-0.2, 0) is 9.59 Å². The molecule has 0 N–H and O–H groups in total. The molecule has 0 radical (unpaired) electrons. The molecule has 2 heterocycles. The number of fused-ring (bicyclic) bond motifs is 1. The standard InChI is InChI=1S/C34H36N2O4/c1-5-6-7-8-9-22-40-28-20-16-26(17-21-28)32-30-29(33(37)36(32)3)31(35(2)34(30)38)25-12-10-23(11-13-25)24-14-18-27(39-4)19-15-24/h10-21H,5-9,22H2,1-4H3. The lowest BCUT2D eigenvalue weighted by Crippen LogP contribution is -2.25. The van der Waals surface area contributed by atoms with Crippen LogP contribution in [0.2, 0.25) is 0 Å². The van der Waals surface area contributed by atoms with Gasteiger partial charge in [0, 0.05) is 14.1 Å². The molecule has 40 heavy (non-hydrogen) atoms. The van der Waals surface area contributed by atoms with Gasteiger partial charge in [-0.15, -0.1) is 0 Å². The molecule has 3 aromatic rings. The van der Waals surface area contributed by atoms with Gasteiger partial charge in [-0.3, -0.25) is 9.59 Å². The van der Waals surface area contributed by atoms with Crippen molar-refractivity contribution in [2.75, 3.05) is 27.8 Å². The minimum atomic E-state index is -0.177. The molecule has 0 bridgehead atoms. The number of benzene rings is 3. The van der Waals surface area contributed by atoms with Gasteiger partial charge in [0.2, 0.25) is 0 Å². The number of likely N-dealkylation sites (N-methyl/N-ethyl adjacent to an activating group) is 2. The first-order valence-corrected chi connectivity index (χ1v) is 14.0. The highest BCUT2D eigenvalue weighted by molar-refractivity contribution is 6.30. The molecule has 0 aliphatic carbocycles. The maximum absolute atomic E-state index is 13.5. The lowest BCUT2D eigenvalue weighted by Gasteiger charge is -2.20. The highest BCUT2D eigenvalue weighted by Gasteiger charge is 2.46. The zero-order valence-corrected chi connectivity index (χ0v) is 23.7. The quantitative estimate of drug-likeness (QED) is 0.254. The lowest BCUT2D eigenvalue weighted by molar-refractivity contribution is -0.123. The summed E-state index contributed by atoms with van der Waals surface area (Å²) in [7, 11) is 5.11. The average molecular weight is 537 g/mol. The molecule has 206 valence electrons. The van der Waals surface area contributed by atoms with Gasteiger partial charge in [0.1, 0.15) is 11.5 Å². The zero-order valence-electron chi connectivity index (χ0n) is 23.7. The Hall–Kier alpha value is -4.32. The van der Waals surface area contributed by atoms with Gasteiger partial charge in [-0.2, -0.15) is 0 Å². The van der Waals surface area contributed by atoms with E-state index >= 15 is 0 Å². The Balaban J connectivity index is 1.41. The van der Waals surface area contributed by atoms with Crippen molar-refractivity contribution in [1.82, 2.24) is 9.80 Å². The zero-order chi connectivity index (χ0) is 28.2. The number of unbranched alkanes of at least 4 members (excludes halogenated alkanes) is 4. The van der Waals surface area contributed by atoms with E-state index in [-0.39, 0.29) is 11.8 Å². The second-order valence-corrected chi connectivity index (χ2v) is 10.3. The van der Waals surface area contributed by atoms with Gasteiger partial charge < -0.3 is 19.3 Å². The van der Waals surface area contributed by atoms with Gasteiger partial charge in [-0.1, -0.05) is 69.0 Å². The van der Waals surface area contributed by atoms with Crippen LogP contribution in [0.4, 0.5) is 0 Å². The van der Waals surface area contributed by atoms with Crippen molar-refractivity contribution in [3.63, 3.8) is 0 Å². The Morgan fingerprint density at radius 2 is 1.00 bits per heavy atom. The Morgan fingerprint density at radius 3 is 1.50 bits per heavy atom. The molecular formula is C34H36N2O4. The van der Waals surface area contributed by atoms with E-state index in [2.05, 4.69) is 6.92 Å². The van der Waals surface area contributed by atoms with E-state index in [1.165, 1.54) is 25.7 Å². The summed E-state index contributed by atoms with van der Waals surface area (Å²) in [6, 6.07) is 23.5. The number of hydrogen-bond acceptors (Lipinski definition) is 4. The molecule has 0 spiro atoms. The number of nitrogens with zero attached hydrogens (tertiary/aromatic N) is 2. The first-order valence-electron chi connectivity index (χ1n) is 14.0. The van der Waals surface area contributed by atoms with Crippen molar-refractivity contribution in [3.8, 4) is 22.6 Å². The summed E-state index contributed by atoms with van der Waals surface area (Å²) < 4.78 is 11.2. The fourth-order valence-corrected chi connectivity index (χ4v) is 5.41. The summed E-state index contributed by atoms with van der Waals surface area (Å²) in [4.78, 5) is 30.2. The summed E-state index contributed by atoms with van der Waals surface area (Å²) in [6.45, 7) is 2.90. The number of amides is 2. The Bertz CT molecular complexity index is 1450. The van der Waals surface area contributed by atoms with Crippen LogP contribution in [0.3, 0.4) is 0 Å². The van der Waals surface area contributed by atoms with Crippen molar-refractivity contribution in [2.45, 2.75) is 39.0 Å². The Kier molecular flexibility index (Phi) is 8.06. The third kappa shape index (κ3) is 5.14. The molecule has 0 aromatic heterocycles. The predicted octanol–water partition coefficient (Wildman–Crippen LogP) is 6.78. The summed E-state index contributed by atoms with van der Waals surface area (Å²) in [6.07, 6.45) is 5.94. The summed E-state index contributed by atoms with van der Waals surface area (Å²) >= 11 is 0. The van der Waals surface area contributed by atoms with Gasteiger partial charge >= 0.3 is 0 Å². The first-order chi connectivity index (χ1) is 19.4. The van der Waals surface area contributed by atoms with E-state index in [4.69, 9.17) is 9.47 Å². The monoisotopic (exact) mass is 536 g/mol. The van der Waals surface area contributed by atoms with Crippen LogP contribution in [0, 0.1) is 0 Å². The van der Waals surface area contributed by atoms with E-state index in [1.807, 2.05) is 72.8 Å². The van der Waals surface area contributed by atoms with Gasteiger partial charge in [-0.05, 0) is 65.1 Å². The lowest BCUT2D eigenvalue weighted by atomic mass is 9.99. The maximum Gasteiger partial charge on any atom is 0.261 e. The molecule has 6 nitrogen and oxygen atoms in total. The molecule has 0 fully saturated rings. The summed E-state index contributed by atoms with van der Waals surface area (Å²) in [5.74, 6) is 1.24. The van der Waals surface area contributed by atoms with Gasteiger partial charge in [-0.25, -0.2) is 0 Å². The van der Waals surface area contributed by atoms with Crippen molar-refractivity contribution < 1.29 is 19.1 Å². The molecule has 0 atom stereocenters. The average Bonchev–Trinajstić information content (AvgIpc) is 3.40. The normalized spacial score (nSPS) is 14.9. The van der Waals surface area contributed by atoms with Crippen molar-refractivity contribution in [2.24, 2.45) is 0 Å². The Labute approximate surface area is 236 Å². The fourth-order valence-electron chi connectivity index (χ4n) is 5.41. The van der Waals surface area contributed by atoms with Crippen molar-refractivity contribution >= 4 is 23.2 Å². The highest BCUT2D eigenvalue weighted by Crippen LogP contribution is 2.45. The summed E-state index contributed by atoms with van der Waals surface area (Å²) in [5.41, 5.74) is 5.91. The molecule has 2 aliphatic heterocycles. The minimum Gasteiger partial charge on any atom is -0.497 e. The first kappa shape index (κ1) is 27.3. The van der Waals surface area contributed by atoms with Crippen LogP contribution in [0.15, 0.2) is 83.9 Å². The summed E-state index contributed by atoms with van der Waals surface area (Å²) in [5, 5.41) is 0. The highest BCUT2D eigenvalue weighted by atomic mass is 16.5. The van der Waals surface area contributed by atoms with Crippen molar-refractivity contribution in [3.05, 3.63) is 95.1 Å². The predicted molar refractivity (Wildman–Crippen MR) is 159 cm³/mol. The van der Waals surface area contributed by atoms with Crippen molar-refractivity contribution in [1.29, 1.82) is 0 Å². The molecule has 2 amide bonds. The number of methoxy groups -OCH3 is 1. The number of hydrogen-bond donors (Lipinski definition) is 0. The molecule has 0 unspecified atom stereocenters.